The van der Waals surface area contributed by atoms with Gasteiger partial charge in [-0.05, 0) is 37.3 Å². The van der Waals surface area contributed by atoms with Crippen LogP contribution in [0.1, 0.15) is 18.1 Å². The molecule has 2 aliphatic heterocycles. The van der Waals surface area contributed by atoms with E-state index >= 15 is 0 Å². The first-order valence-electron chi connectivity index (χ1n) is 7.54. The van der Waals surface area contributed by atoms with Gasteiger partial charge in [0.25, 0.3) is 0 Å². The highest BCUT2D eigenvalue weighted by Gasteiger charge is 2.32. The van der Waals surface area contributed by atoms with E-state index in [2.05, 4.69) is 9.89 Å². The predicted octanol–water partition coefficient (Wildman–Crippen LogP) is 3.94. The van der Waals surface area contributed by atoms with Crippen molar-refractivity contribution in [2.24, 2.45) is 9.98 Å². The van der Waals surface area contributed by atoms with E-state index in [0.29, 0.717) is 29.4 Å². The minimum Gasteiger partial charge on any atom is -0.323 e. The molecule has 2 aliphatic rings. The number of hydrogen-bond donors (Lipinski definition) is 0. The highest BCUT2D eigenvalue weighted by atomic mass is 35.5. The number of halogens is 2. The molecule has 0 saturated carbocycles. The summed E-state index contributed by atoms with van der Waals surface area (Å²) in [6.45, 7) is 3.28. The van der Waals surface area contributed by atoms with E-state index in [-0.39, 0.29) is 11.9 Å². The van der Waals surface area contributed by atoms with E-state index in [1.54, 1.807) is 12.1 Å². The summed E-state index contributed by atoms with van der Waals surface area (Å²) in [6, 6.07) is 12.6. The summed E-state index contributed by atoms with van der Waals surface area (Å²) in [5.41, 5.74) is 2.99. The van der Waals surface area contributed by atoms with E-state index in [9.17, 15) is 4.39 Å². The van der Waals surface area contributed by atoms with Crippen LogP contribution in [0.25, 0.3) is 0 Å². The molecule has 0 radical (unpaired) electrons. The molecule has 1 unspecified atom stereocenters. The SMILES string of the molecule is [13CH3][13C]1=NCC2CN=C(c3ccccc3F)c3cc(Cl)ccc3N21. The highest BCUT2D eigenvalue weighted by Crippen LogP contribution is 2.33. The second-order valence-electron chi connectivity index (χ2n) is 5.74. The van der Waals surface area contributed by atoms with Crippen molar-refractivity contribution in [3.8, 4) is 0 Å². The zero-order valence-corrected chi connectivity index (χ0v) is 13.4. The van der Waals surface area contributed by atoms with Crippen molar-refractivity contribution in [1.29, 1.82) is 0 Å². The third-order valence-electron chi connectivity index (χ3n) is 4.31. The highest BCUT2D eigenvalue weighted by molar-refractivity contribution is 6.31. The number of amidine groups is 1. The van der Waals surface area contributed by atoms with Crippen molar-refractivity contribution < 1.29 is 4.39 Å². The van der Waals surface area contributed by atoms with Crippen LogP contribution < -0.4 is 4.90 Å². The van der Waals surface area contributed by atoms with Crippen LogP contribution in [0.5, 0.6) is 0 Å². The molecule has 0 aromatic heterocycles. The first-order chi connectivity index (χ1) is 11.1. The number of benzene rings is 2. The Hall–Kier alpha value is -2.20. The van der Waals surface area contributed by atoms with Crippen LogP contribution in [0, 0.1) is 5.82 Å². The quantitative estimate of drug-likeness (QED) is 0.728. The summed E-state index contributed by atoms with van der Waals surface area (Å²) >= 11 is 6.20. The van der Waals surface area contributed by atoms with Gasteiger partial charge < -0.3 is 4.90 Å². The monoisotopic (exact) mass is 329 g/mol. The van der Waals surface area contributed by atoms with Crippen LogP contribution >= 0.6 is 11.6 Å². The Labute approximate surface area is 139 Å². The maximum Gasteiger partial charge on any atom is 0.132 e. The van der Waals surface area contributed by atoms with Crippen LogP contribution in [0.15, 0.2) is 52.4 Å². The van der Waals surface area contributed by atoms with Crippen LogP contribution in [-0.4, -0.2) is 30.7 Å². The van der Waals surface area contributed by atoms with Gasteiger partial charge in [-0.2, -0.15) is 0 Å². The van der Waals surface area contributed by atoms with Gasteiger partial charge in [-0.15, -0.1) is 0 Å². The fourth-order valence-electron chi connectivity index (χ4n) is 3.24. The fraction of sp³-hybridized carbons (Fsp3) is 0.222. The molecule has 0 amide bonds. The Morgan fingerprint density at radius 1 is 1.09 bits per heavy atom. The molecule has 4 rings (SSSR count). The lowest BCUT2D eigenvalue weighted by Gasteiger charge is -2.26. The summed E-state index contributed by atoms with van der Waals surface area (Å²) in [5, 5.41) is 0.611. The Kier molecular flexibility index (Phi) is 3.42. The predicted molar refractivity (Wildman–Crippen MR) is 92.6 cm³/mol. The second-order valence-corrected chi connectivity index (χ2v) is 6.18. The molecule has 0 spiro atoms. The van der Waals surface area contributed by atoms with Gasteiger partial charge in [-0.25, -0.2) is 4.39 Å². The molecule has 1 atom stereocenters. The first-order valence-corrected chi connectivity index (χ1v) is 7.92. The van der Waals surface area contributed by atoms with Crippen LogP contribution in [0.4, 0.5) is 10.1 Å². The molecule has 5 heteroatoms. The Balaban J connectivity index is 1.95. The number of fused-ring (bicyclic) bond motifs is 3. The molecule has 2 heterocycles. The summed E-state index contributed by atoms with van der Waals surface area (Å²) in [5.74, 6) is 0.688. The number of anilines is 1. The topological polar surface area (TPSA) is 28.0 Å². The average molecular weight is 330 g/mol. The Morgan fingerprint density at radius 3 is 2.70 bits per heavy atom. The molecule has 2 aromatic carbocycles. The van der Waals surface area contributed by atoms with E-state index in [1.165, 1.54) is 6.07 Å². The van der Waals surface area contributed by atoms with E-state index in [0.717, 1.165) is 17.1 Å². The smallest absolute Gasteiger partial charge is 0.132 e. The molecule has 0 fully saturated rings. The Bertz CT molecular complexity index is 844. The third kappa shape index (κ3) is 2.34. The number of aliphatic imine (C=N–C) groups is 2. The van der Waals surface area contributed by atoms with Gasteiger partial charge >= 0.3 is 0 Å². The van der Waals surface area contributed by atoms with Gasteiger partial charge in [0.2, 0.25) is 0 Å². The average Bonchev–Trinajstić information content (AvgIpc) is 2.82. The third-order valence-corrected chi connectivity index (χ3v) is 4.54. The molecular weight excluding hydrogens is 315 g/mol. The molecule has 23 heavy (non-hydrogen) atoms. The molecule has 116 valence electrons. The lowest BCUT2D eigenvalue weighted by Crippen LogP contribution is -2.37. The molecular formula is C18H15ClFN3. The van der Waals surface area contributed by atoms with Crippen LogP contribution in [0.3, 0.4) is 0 Å². The van der Waals surface area contributed by atoms with Crippen molar-refractivity contribution >= 4 is 28.8 Å². The second kappa shape index (κ2) is 5.46. The van der Waals surface area contributed by atoms with Crippen LogP contribution in [0.2, 0.25) is 5.02 Å². The van der Waals surface area contributed by atoms with Crippen molar-refractivity contribution in [3.05, 3.63) is 64.4 Å². The zero-order chi connectivity index (χ0) is 16.0. The van der Waals surface area contributed by atoms with Crippen LogP contribution in [-0.2, 0) is 0 Å². The van der Waals surface area contributed by atoms with E-state index < -0.39 is 0 Å². The first kappa shape index (κ1) is 14.4. The van der Waals surface area contributed by atoms with Crippen molar-refractivity contribution in [2.45, 2.75) is 13.0 Å². The van der Waals surface area contributed by atoms with Gasteiger partial charge in [0.1, 0.15) is 11.7 Å². The van der Waals surface area contributed by atoms with Gasteiger partial charge in [-0.1, -0.05) is 23.7 Å². The molecule has 0 bridgehead atoms. The summed E-state index contributed by atoms with van der Waals surface area (Å²) in [4.78, 5) is 11.4. The summed E-state index contributed by atoms with van der Waals surface area (Å²) in [6.07, 6.45) is 0. The lowest BCUT2D eigenvalue weighted by atomic mass is 10.00. The standard InChI is InChI=1S/C18H15ClFN3/c1-11-21-9-13-10-22-18(14-4-2-3-5-16(14)20)15-8-12(19)6-7-17(15)23(11)13/h2-8,13H,9-10H2,1H3/i1+1,11+1. The maximum atomic E-state index is 14.3. The minimum absolute atomic E-state index is 0.180. The number of nitrogens with zero attached hydrogens (tertiary/aromatic N) is 3. The molecule has 2 aromatic rings. The minimum atomic E-state index is -0.273. The van der Waals surface area contributed by atoms with Crippen molar-refractivity contribution in [1.82, 2.24) is 0 Å². The normalized spacial score (nSPS) is 19.6. The number of hydrogen-bond acceptors (Lipinski definition) is 3. The summed E-state index contributed by atoms with van der Waals surface area (Å²) < 4.78 is 14.3. The molecule has 0 aliphatic carbocycles. The van der Waals surface area contributed by atoms with Gasteiger partial charge in [0, 0.05) is 16.1 Å². The zero-order valence-electron chi connectivity index (χ0n) is 12.6. The van der Waals surface area contributed by atoms with Gasteiger partial charge in [0.05, 0.1) is 30.5 Å². The fourth-order valence-corrected chi connectivity index (χ4v) is 3.42. The molecule has 0 N–H and O–H groups in total. The maximum absolute atomic E-state index is 14.3. The molecule has 3 nitrogen and oxygen atoms in total. The van der Waals surface area contributed by atoms with E-state index in [1.807, 2.05) is 31.2 Å². The van der Waals surface area contributed by atoms with Crippen molar-refractivity contribution in [3.63, 3.8) is 0 Å². The van der Waals surface area contributed by atoms with E-state index in [4.69, 9.17) is 16.6 Å². The molecule has 0 saturated heterocycles. The lowest BCUT2D eigenvalue weighted by molar-refractivity contribution is 0.625. The van der Waals surface area contributed by atoms with Crippen molar-refractivity contribution in [2.75, 3.05) is 18.0 Å². The largest absolute Gasteiger partial charge is 0.323 e. The Morgan fingerprint density at radius 2 is 1.87 bits per heavy atom. The van der Waals surface area contributed by atoms with Gasteiger partial charge in [0.15, 0.2) is 0 Å². The number of rotatable bonds is 1. The summed E-state index contributed by atoms with van der Waals surface area (Å²) in [7, 11) is 0. The van der Waals surface area contributed by atoms with Gasteiger partial charge in [-0.3, -0.25) is 9.98 Å².